The average molecular weight is 987 g/mol. The third-order valence-electron chi connectivity index (χ3n) is 10.1. The van der Waals surface area contributed by atoms with Crippen LogP contribution in [0.2, 0.25) is 0 Å². The normalized spacial score (nSPS) is 10.7. The summed E-state index contributed by atoms with van der Waals surface area (Å²) in [5, 5.41) is 4.91. The van der Waals surface area contributed by atoms with E-state index in [1.165, 1.54) is 23.7 Å². The number of alkyl halides is 3. The Hall–Kier alpha value is -7.12. The Morgan fingerprint density at radius 3 is 1.28 bits per heavy atom. The first-order valence-corrected chi connectivity index (χ1v) is 23.3. The third kappa shape index (κ3) is 22.9. The summed E-state index contributed by atoms with van der Waals surface area (Å²) in [6, 6.07) is 7.47. The van der Waals surface area contributed by atoms with Gasteiger partial charge >= 0.3 is 12.2 Å². The number of carbonyl (C=O) groups is 1. The number of aryl methyl sites for hydroxylation is 4. The zero-order chi connectivity index (χ0) is 54.3. The lowest BCUT2D eigenvalue weighted by Gasteiger charge is -2.13. The summed E-state index contributed by atoms with van der Waals surface area (Å²) >= 11 is 0. The first-order valence-electron chi connectivity index (χ1n) is 23.3. The molecule has 0 aromatic carbocycles. The highest BCUT2D eigenvalue weighted by molar-refractivity contribution is 5.86. The number of carbonyl (C=O) groups excluding carboxylic acids is 1. The number of urea groups is 1. The molecular weight excluding hydrogens is 910 g/mol. The topological polar surface area (TPSA) is 274 Å². The summed E-state index contributed by atoms with van der Waals surface area (Å²) in [6.07, 6.45) is 5.50. The summed E-state index contributed by atoms with van der Waals surface area (Å²) in [6.45, 7) is 32.3. The maximum Gasteiger partial charge on any atom is 0.433 e. The van der Waals surface area contributed by atoms with Crippen LogP contribution in [0.15, 0.2) is 61.4 Å². The molecule has 17 nitrogen and oxygen atoms in total. The molecule has 6 aromatic rings. The van der Waals surface area contributed by atoms with Crippen LogP contribution in [0.25, 0.3) is 0 Å². The Morgan fingerprint density at radius 1 is 0.493 bits per heavy atom. The lowest BCUT2D eigenvalue weighted by atomic mass is 10.0. The Balaban J connectivity index is 0.000000428. The number of anilines is 5. The molecule has 0 saturated heterocycles. The van der Waals surface area contributed by atoms with Crippen molar-refractivity contribution in [3.05, 3.63) is 123 Å². The van der Waals surface area contributed by atoms with Gasteiger partial charge in [-0.3, -0.25) is 15.3 Å². The number of nitrogen functional groups attached to an aromatic ring is 4. The number of hydrogen-bond donors (Lipinski definition) is 6. The highest BCUT2D eigenvalue weighted by Crippen LogP contribution is 2.33. The van der Waals surface area contributed by atoms with Gasteiger partial charge in [0.1, 0.15) is 11.6 Å². The van der Waals surface area contributed by atoms with Crippen LogP contribution < -0.4 is 33.6 Å². The number of aromatic nitrogens is 10. The number of rotatable bonds is 7. The molecule has 0 bridgehead atoms. The van der Waals surface area contributed by atoms with Gasteiger partial charge in [-0.05, 0) is 97.6 Å². The zero-order valence-electron chi connectivity index (χ0n) is 44.6. The molecule has 71 heavy (non-hydrogen) atoms. The van der Waals surface area contributed by atoms with Crippen LogP contribution in [0.3, 0.4) is 0 Å². The van der Waals surface area contributed by atoms with Gasteiger partial charge in [0.25, 0.3) is 0 Å². The van der Waals surface area contributed by atoms with E-state index in [1.54, 1.807) is 38.6 Å². The maximum atomic E-state index is 12.4. The van der Waals surface area contributed by atoms with Gasteiger partial charge in [0.05, 0.1) is 11.4 Å². The van der Waals surface area contributed by atoms with Crippen molar-refractivity contribution < 1.29 is 18.0 Å². The van der Waals surface area contributed by atoms with Crippen molar-refractivity contribution in [1.29, 1.82) is 0 Å². The molecule has 0 fully saturated rings. The zero-order valence-corrected chi connectivity index (χ0v) is 44.6. The van der Waals surface area contributed by atoms with Gasteiger partial charge in [-0.2, -0.15) is 13.2 Å². The molecule has 6 rings (SSSR count). The Bertz CT molecular complexity index is 2380. The van der Waals surface area contributed by atoms with Gasteiger partial charge < -0.3 is 28.3 Å². The summed E-state index contributed by atoms with van der Waals surface area (Å²) in [4.78, 5) is 50.3. The van der Waals surface area contributed by atoms with Crippen LogP contribution in [-0.2, 0) is 6.18 Å². The molecule has 10 N–H and O–H groups in total. The van der Waals surface area contributed by atoms with Gasteiger partial charge in [-0.25, -0.2) is 44.7 Å². The minimum Gasteiger partial charge on any atom is -0.384 e. The number of nitrogens with two attached hydrogens (primary N) is 4. The monoisotopic (exact) mass is 987 g/mol. The second-order valence-corrected chi connectivity index (χ2v) is 18.2. The number of hydrogen-bond acceptors (Lipinski definition) is 15. The molecule has 0 saturated carbocycles. The molecule has 0 aliphatic carbocycles. The van der Waals surface area contributed by atoms with Gasteiger partial charge in [-0.1, -0.05) is 95.2 Å². The molecule has 20 heteroatoms. The predicted octanol–water partition coefficient (Wildman–Crippen LogP) is 11.1. The molecule has 6 aromatic heterocycles. The third-order valence-corrected chi connectivity index (χ3v) is 10.1. The molecule has 6 heterocycles. The van der Waals surface area contributed by atoms with Crippen LogP contribution in [0.1, 0.15) is 181 Å². The first kappa shape index (κ1) is 61.9. The van der Waals surface area contributed by atoms with Gasteiger partial charge in [0.15, 0.2) is 5.69 Å². The van der Waals surface area contributed by atoms with E-state index >= 15 is 0 Å². The van der Waals surface area contributed by atoms with Gasteiger partial charge in [-0.15, -0.1) is 0 Å². The number of pyridine rings is 2. The van der Waals surface area contributed by atoms with E-state index < -0.39 is 11.9 Å². The minimum atomic E-state index is -4.48. The van der Waals surface area contributed by atoms with E-state index in [1.807, 2.05) is 58.2 Å². The molecule has 388 valence electrons. The fourth-order valence-corrected chi connectivity index (χ4v) is 6.08. The smallest absolute Gasteiger partial charge is 0.384 e. The maximum absolute atomic E-state index is 12.4. The molecule has 0 atom stereocenters. The molecule has 2 amide bonds. The van der Waals surface area contributed by atoms with Crippen molar-refractivity contribution in [2.45, 2.75) is 152 Å². The Labute approximate surface area is 418 Å². The lowest BCUT2D eigenvalue weighted by Crippen LogP contribution is -2.25. The van der Waals surface area contributed by atoms with Gasteiger partial charge in [0.2, 0.25) is 17.8 Å². The standard InChI is InChI=1S/C9H14N4O.2C9H14N2.C8H10F3N3.C8H13N3.C8H12N2/c1-6(2)7-4-11-8(12-5-7)13-9(14)10-3;2*1-6(2)8-4-5-9(10)11-7(8)3;1-4(2)5-3-13-7(12)14-6(5)8(9,10)11;1-5(2)7-4-10-8(9)11-6(7)3;1-6(2)8-5-9-7(3)4-10-8/h4-6H,1-3H3,(H2,10,11,12,13,14);2*4-6H,1-3H3,(H2,10,11);3-4H,1-2H3,(H2,12,13,14);4-5H,1-3H3,(H2,9,10,11);4-6H,1-3H3. The summed E-state index contributed by atoms with van der Waals surface area (Å²) in [7, 11) is 1.54. The number of halogens is 3. The van der Waals surface area contributed by atoms with Crippen LogP contribution in [-0.4, -0.2) is 62.9 Å². The second-order valence-electron chi connectivity index (χ2n) is 18.2. The first-order chi connectivity index (χ1) is 33.0. The number of amides is 2. The van der Waals surface area contributed by atoms with E-state index in [2.05, 4.69) is 130 Å². The van der Waals surface area contributed by atoms with Crippen molar-refractivity contribution >= 4 is 35.5 Å². The second kappa shape index (κ2) is 29.8. The van der Waals surface area contributed by atoms with E-state index in [0.717, 1.165) is 40.2 Å². The van der Waals surface area contributed by atoms with E-state index in [0.29, 0.717) is 53.1 Å². The minimum absolute atomic E-state index is 0.0618. The Morgan fingerprint density at radius 2 is 0.930 bits per heavy atom. The fraction of sp³-hybridized carbons (Fsp3) is 0.471. The van der Waals surface area contributed by atoms with Crippen molar-refractivity contribution in [3.8, 4) is 0 Å². The predicted molar refractivity (Wildman–Crippen MR) is 281 cm³/mol. The molecular formula is C51H77F3N16O. The highest BCUT2D eigenvalue weighted by Gasteiger charge is 2.36. The largest absolute Gasteiger partial charge is 0.433 e. The number of nitrogens with one attached hydrogen (secondary N) is 2. The number of nitrogens with zero attached hydrogens (tertiary/aromatic N) is 10. The van der Waals surface area contributed by atoms with Crippen molar-refractivity contribution in [3.63, 3.8) is 0 Å². The van der Waals surface area contributed by atoms with Crippen molar-refractivity contribution in [2.24, 2.45) is 0 Å². The molecule has 0 aliphatic rings. The molecule has 0 spiro atoms. The van der Waals surface area contributed by atoms with Crippen LogP contribution in [0, 0.1) is 27.7 Å². The molecule has 0 radical (unpaired) electrons. The summed E-state index contributed by atoms with van der Waals surface area (Å²) < 4.78 is 37.3. The lowest BCUT2D eigenvalue weighted by molar-refractivity contribution is -0.142. The van der Waals surface area contributed by atoms with Crippen LogP contribution >= 0.6 is 0 Å². The fourth-order valence-electron chi connectivity index (χ4n) is 6.08. The Kier molecular flexibility index (Phi) is 26.0. The van der Waals surface area contributed by atoms with E-state index in [4.69, 9.17) is 22.9 Å². The van der Waals surface area contributed by atoms with Crippen LogP contribution in [0.5, 0.6) is 0 Å². The summed E-state index contributed by atoms with van der Waals surface area (Å²) in [5.41, 5.74) is 30.5. The van der Waals surface area contributed by atoms with Crippen LogP contribution in [0.4, 0.5) is 47.4 Å². The van der Waals surface area contributed by atoms with E-state index in [-0.39, 0.29) is 23.5 Å². The SMILES string of the molecule is CC(C)c1cnc(N)nc1C(F)(F)F.CNC(=O)Nc1ncc(C(C)C)cn1.Cc1cnc(C(C)C)cn1.Cc1nc(N)ccc1C(C)C.Cc1nc(N)ccc1C(C)C.Cc1nc(N)ncc1C(C)C. The molecule has 0 aliphatic heterocycles. The quantitative estimate of drug-likeness (QED) is 0.0868. The van der Waals surface area contributed by atoms with Crippen molar-refractivity contribution in [1.82, 2.24) is 55.2 Å². The van der Waals surface area contributed by atoms with E-state index in [9.17, 15) is 18.0 Å². The average Bonchev–Trinajstić information content (AvgIpc) is 3.27. The summed E-state index contributed by atoms with van der Waals surface area (Å²) in [5.74, 6) is 3.63. The van der Waals surface area contributed by atoms with Crippen molar-refractivity contribution in [2.75, 3.05) is 35.3 Å². The van der Waals surface area contributed by atoms with Gasteiger partial charge in [0, 0.05) is 66.9 Å². The highest BCUT2D eigenvalue weighted by atomic mass is 19.4. The molecule has 0 unspecified atom stereocenters.